The summed E-state index contributed by atoms with van der Waals surface area (Å²) in [7, 11) is 0. The summed E-state index contributed by atoms with van der Waals surface area (Å²) >= 11 is 0. The van der Waals surface area contributed by atoms with Gasteiger partial charge in [0.2, 0.25) is 0 Å². The average Bonchev–Trinajstić information content (AvgIpc) is 0.918. The van der Waals surface area contributed by atoms with Crippen LogP contribution in [-0.4, -0.2) is 70.7 Å². The third kappa shape index (κ3) is 30.5. The molecule has 0 unspecified atom stereocenters. The summed E-state index contributed by atoms with van der Waals surface area (Å²) in [6.07, 6.45) is 0. The monoisotopic (exact) mass is 94.0 g/mol. The number of carboxylic acid groups (broad SMARTS) is 1. The van der Waals surface area contributed by atoms with Crippen molar-refractivity contribution in [2.24, 2.45) is 0 Å². The number of hydrogen-bond acceptors (Lipinski definition) is 1. The van der Waals surface area contributed by atoms with Crippen molar-refractivity contribution < 1.29 is 9.90 Å². The van der Waals surface area contributed by atoms with Crippen LogP contribution in [0.4, 0.5) is 0 Å². The van der Waals surface area contributed by atoms with Crippen LogP contribution in [0.2, 0.25) is 0 Å². The van der Waals surface area contributed by atoms with Crippen LogP contribution in [-0.2, 0) is 4.79 Å². The van der Waals surface area contributed by atoms with Gasteiger partial charge >= 0.3 is 59.1 Å². The van der Waals surface area contributed by atoms with Gasteiger partial charge in [0.05, 0.1) is 0 Å². The minimum absolute atomic E-state index is 0. The van der Waals surface area contributed by atoms with Crippen molar-refractivity contribution >= 4 is 65.6 Å². The van der Waals surface area contributed by atoms with Crippen molar-refractivity contribution in [2.75, 3.05) is 0 Å². The molecule has 0 aliphatic heterocycles. The van der Waals surface area contributed by atoms with E-state index in [1.54, 1.807) is 0 Å². The first-order chi connectivity index (χ1) is 1.41. The molecule has 22 valence electrons. The number of hydrogen-bond donors (Lipinski definition) is 1. The van der Waals surface area contributed by atoms with E-state index in [1.807, 2.05) is 0 Å². The molecule has 0 amide bonds. The molecule has 0 saturated heterocycles. The van der Waals surface area contributed by atoms with Gasteiger partial charge in [0.25, 0.3) is 6.47 Å². The minimum atomic E-state index is -0.250. The Labute approximate surface area is 74.5 Å². The number of carbonyl (C=O) groups is 1. The van der Waals surface area contributed by atoms with Crippen LogP contribution in [0.25, 0.3) is 0 Å². The van der Waals surface area contributed by atoms with Gasteiger partial charge in [-0.05, 0) is 0 Å². The van der Waals surface area contributed by atoms with E-state index in [1.165, 1.54) is 0 Å². The fourth-order valence-corrected chi connectivity index (χ4v) is 0. The van der Waals surface area contributed by atoms with Crippen molar-refractivity contribution in [1.29, 1.82) is 0 Å². The van der Waals surface area contributed by atoms with Crippen LogP contribution in [0.5, 0.6) is 0 Å². The predicted molar refractivity (Wildman–Crippen MR) is 23.0 cm³/mol. The summed E-state index contributed by atoms with van der Waals surface area (Å²) in [6, 6.07) is 0. The predicted octanol–water partition coefficient (Wildman–Crippen LogP) is -1.60. The van der Waals surface area contributed by atoms with Gasteiger partial charge in [-0.2, -0.15) is 0 Å². The first-order valence-corrected chi connectivity index (χ1v) is 0.494. The molecule has 0 radical (unpaired) electrons. The molecule has 0 aromatic rings. The van der Waals surface area contributed by atoms with Gasteiger partial charge in [0.15, 0.2) is 0 Å². The van der Waals surface area contributed by atoms with Gasteiger partial charge in [-0.3, -0.25) is 4.79 Å². The summed E-state index contributed by atoms with van der Waals surface area (Å²) in [6.45, 7) is -0.250. The third-order valence-electron chi connectivity index (χ3n) is 0. The molecule has 0 bridgehead atoms. The molecule has 2 nitrogen and oxygen atoms in total. The summed E-state index contributed by atoms with van der Waals surface area (Å²) in [5, 5.41) is 6.89. The molecule has 0 fully saturated rings. The Balaban J connectivity index is -0.0000000200. The van der Waals surface area contributed by atoms with Crippen molar-refractivity contribution in [3.8, 4) is 0 Å². The molecule has 0 aliphatic rings. The van der Waals surface area contributed by atoms with E-state index in [0.29, 0.717) is 0 Å². The second kappa shape index (κ2) is 17.9. The Kier molecular flexibility index (Phi) is 57.6. The molecule has 5 heavy (non-hydrogen) atoms. The molecule has 0 spiro atoms. The quantitative estimate of drug-likeness (QED) is 0.290. The van der Waals surface area contributed by atoms with Crippen LogP contribution in [0.3, 0.4) is 0 Å². The zero-order valence-electron chi connectivity index (χ0n) is 1.43. The van der Waals surface area contributed by atoms with Crippen LogP contribution in [0.15, 0.2) is 0 Å². The first kappa shape index (κ1) is 16.1. The Morgan fingerprint density at radius 2 is 1.40 bits per heavy atom. The van der Waals surface area contributed by atoms with Crippen LogP contribution < -0.4 is 0 Å². The molecule has 0 atom stereocenters. The second-order valence-corrected chi connectivity index (χ2v) is 0.105. The average molecular weight is 94.0 g/mol. The molecule has 0 rings (SSSR count). The molecule has 1 N–H and O–H groups in total. The standard InChI is InChI=1S/CH2O2.2Na.2H/c2-1-3;;;;/h1H,(H,2,3);;;;. The Morgan fingerprint density at radius 3 is 1.40 bits per heavy atom. The van der Waals surface area contributed by atoms with Crippen molar-refractivity contribution in [3.05, 3.63) is 0 Å². The summed E-state index contributed by atoms with van der Waals surface area (Å²) in [5.74, 6) is 0. The van der Waals surface area contributed by atoms with Crippen molar-refractivity contribution in [2.45, 2.75) is 0 Å². The summed E-state index contributed by atoms with van der Waals surface area (Å²) < 4.78 is 0. The molecular weight excluding hydrogens is 90.0 g/mol. The summed E-state index contributed by atoms with van der Waals surface area (Å²) in [4.78, 5) is 8.36. The van der Waals surface area contributed by atoms with E-state index in [0.717, 1.165) is 0 Å². The van der Waals surface area contributed by atoms with Crippen LogP contribution >= 0.6 is 0 Å². The van der Waals surface area contributed by atoms with Crippen LogP contribution in [0.1, 0.15) is 0 Å². The first-order valence-electron chi connectivity index (χ1n) is 0.494. The molecule has 0 heterocycles. The SMILES string of the molecule is O=CO.[NaH].[NaH]. The molecular formula is CH4Na2O2. The third-order valence-corrected chi connectivity index (χ3v) is 0. The molecule has 4 heteroatoms. The molecule has 0 aromatic heterocycles. The zero-order chi connectivity index (χ0) is 2.71. The van der Waals surface area contributed by atoms with E-state index in [9.17, 15) is 0 Å². The topological polar surface area (TPSA) is 37.3 Å². The molecule has 0 saturated carbocycles. The molecule has 0 aliphatic carbocycles. The van der Waals surface area contributed by atoms with Gasteiger partial charge in [-0.25, -0.2) is 0 Å². The zero-order valence-corrected chi connectivity index (χ0v) is 1.43. The van der Waals surface area contributed by atoms with Gasteiger partial charge in [0.1, 0.15) is 0 Å². The van der Waals surface area contributed by atoms with E-state index in [-0.39, 0.29) is 65.6 Å². The van der Waals surface area contributed by atoms with Gasteiger partial charge in [-0.1, -0.05) is 0 Å². The van der Waals surface area contributed by atoms with Gasteiger partial charge < -0.3 is 5.11 Å². The van der Waals surface area contributed by atoms with Gasteiger partial charge in [-0.15, -0.1) is 0 Å². The normalized spacial score (nSPS) is 2.40. The van der Waals surface area contributed by atoms with Crippen molar-refractivity contribution in [3.63, 3.8) is 0 Å². The Hall–Kier alpha value is 1.47. The molecule has 0 aromatic carbocycles. The summed E-state index contributed by atoms with van der Waals surface area (Å²) in [5.41, 5.74) is 0. The van der Waals surface area contributed by atoms with E-state index in [2.05, 4.69) is 0 Å². The maximum atomic E-state index is 8.36. The van der Waals surface area contributed by atoms with Crippen molar-refractivity contribution in [1.82, 2.24) is 0 Å². The Bertz CT molecular complexity index is 15.1. The Morgan fingerprint density at radius 1 is 1.40 bits per heavy atom. The van der Waals surface area contributed by atoms with E-state index >= 15 is 0 Å². The number of rotatable bonds is 0. The van der Waals surface area contributed by atoms with E-state index in [4.69, 9.17) is 9.90 Å². The van der Waals surface area contributed by atoms with Crippen LogP contribution in [0, 0.1) is 0 Å². The fraction of sp³-hybridized carbons (Fsp3) is 0. The van der Waals surface area contributed by atoms with E-state index < -0.39 is 0 Å². The van der Waals surface area contributed by atoms with Gasteiger partial charge in [0, 0.05) is 0 Å². The fourth-order valence-electron chi connectivity index (χ4n) is 0. The second-order valence-electron chi connectivity index (χ2n) is 0.105. The maximum absolute atomic E-state index is 8.36.